The lowest BCUT2D eigenvalue weighted by Gasteiger charge is -2.28. The zero-order valence-electron chi connectivity index (χ0n) is 9.93. The maximum atomic E-state index is 6.11. The van der Waals surface area contributed by atoms with Gasteiger partial charge in [0.2, 0.25) is 0 Å². The number of hydrogen-bond acceptors (Lipinski definition) is 1. The van der Waals surface area contributed by atoms with E-state index in [0.717, 1.165) is 12.4 Å². The Bertz CT molecular complexity index is 342. The molecule has 0 aliphatic heterocycles. The van der Waals surface area contributed by atoms with Gasteiger partial charge in [0, 0.05) is 18.0 Å². The number of benzene rings is 1. The summed E-state index contributed by atoms with van der Waals surface area (Å²) in [5.74, 6) is 0.735. The standard InChI is InChI=1S/C14H20ClN/c1-12-6-2-3-7-13(12)10-16-14(11-15)8-4-5-9-14/h2-3,6-7,16H,4-5,8-11H2,1H3. The Morgan fingerprint density at radius 3 is 2.56 bits per heavy atom. The third kappa shape index (κ3) is 2.58. The van der Waals surface area contributed by atoms with E-state index < -0.39 is 0 Å². The highest BCUT2D eigenvalue weighted by molar-refractivity contribution is 6.18. The molecule has 0 bridgehead atoms. The minimum atomic E-state index is 0.198. The summed E-state index contributed by atoms with van der Waals surface area (Å²) < 4.78 is 0. The summed E-state index contributed by atoms with van der Waals surface area (Å²) in [5.41, 5.74) is 2.95. The van der Waals surface area contributed by atoms with Crippen molar-refractivity contribution in [2.45, 2.75) is 44.7 Å². The third-order valence-electron chi connectivity index (χ3n) is 3.73. The average Bonchev–Trinajstić information content (AvgIpc) is 2.78. The van der Waals surface area contributed by atoms with E-state index in [0.29, 0.717) is 0 Å². The molecule has 0 heterocycles. The molecule has 1 aliphatic carbocycles. The van der Waals surface area contributed by atoms with E-state index >= 15 is 0 Å². The van der Waals surface area contributed by atoms with Gasteiger partial charge in [0.25, 0.3) is 0 Å². The van der Waals surface area contributed by atoms with E-state index in [1.54, 1.807) is 0 Å². The first kappa shape index (κ1) is 11.9. The van der Waals surface area contributed by atoms with Crippen LogP contribution in [0.4, 0.5) is 0 Å². The smallest absolute Gasteiger partial charge is 0.0406 e. The second-order valence-corrected chi connectivity index (χ2v) is 5.17. The van der Waals surface area contributed by atoms with Crippen molar-refractivity contribution < 1.29 is 0 Å². The Kier molecular flexibility index (Phi) is 3.88. The summed E-state index contributed by atoms with van der Waals surface area (Å²) in [6.45, 7) is 3.11. The highest BCUT2D eigenvalue weighted by Crippen LogP contribution is 2.31. The van der Waals surface area contributed by atoms with E-state index in [2.05, 4.69) is 36.5 Å². The van der Waals surface area contributed by atoms with Gasteiger partial charge in [0.05, 0.1) is 0 Å². The van der Waals surface area contributed by atoms with Crippen molar-refractivity contribution in [3.05, 3.63) is 35.4 Å². The molecule has 0 aromatic heterocycles. The van der Waals surface area contributed by atoms with Crippen LogP contribution in [0.1, 0.15) is 36.8 Å². The highest BCUT2D eigenvalue weighted by atomic mass is 35.5. The first-order valence-corrected chi connectivity index (χ1v) is 6.65. The first-order valence-electron chi connectivity index (χ1n) is 6.11. The quantitative estimate of drug-likeness (QED) is 0.789. The van der Waals surface area contributed by atoms with Crippen LogP contribution in [0.5, 0.6) is 0 Å². The zero-order valence-corrected chi connectivity index (χ0v) is 10.7. The Labute approximate surface area is 103 Å². The van der Waals surface area contributed by atoms with Gasteiger partial charge in [0.1, 0.15) is 0 Å². The van der Waals surface area contributed by atoms with Crippen molar-refractivity contribution in [2.75, 3.05) is 5.88 Å². The molecule has 0 amide bonds. The fourth-order valence-electron chi connectivity index (χ4n) is 2.50. The third-order valence-corrected chi connectivity index (χ3v) is 4.24. The van der Waals surface area contributed by atoms with Gasteiger partial charge < -0.3 is 5.32 Å². The van der Waals surface area contributed by atoms with Crippen LogP contribution in [0.3, 0.4) is 0 Å². The molecule has 0 atom stereocenters. The van der Waals surface area contributed by atoms with Crippen LogP contribution in [0.15, 0.2) is 24.3 Å². The number of nitrogens with one attached hydrogen (secondary N) is 1. The Balaban J connectivity index is 1.98. The van der Waals surface area contributed by atoms with Crippen LogP contribution in [0.25, 0.3) is 0 Å². The van der Waals surface area contributed by atoms with E-state index in [4.69, 9.17) is 11.6 Å². The molecule has 0 unspecified atom stereocenters. The fraction of sp³-hybridized carbons (Fsp3) is 0.571. The molecule has 0 saturated heterocycles. The van der Waals surface area contributed by atoms with Gasteiger partial charge in [-0.05, 0) is 30.9 Å². The van der Waals surface area contributed by atoms with Crippen molar-refractivity contribution in [1.82, 2.24) is 5.32 Å². The van der Waals surface area contributed by atoms with Gasteiger partial charge in [-0.3, -0.25) is 0 Å². The number of alkyl halides is 1. The molecular formula is C14H20ClN. The minimum Gasteiger partial charge on any atom is -0.306 e. The topological polar surface area (TPSA) is 12.0 Å². The number of rotatable bonds is 4. The summed E-state index contributed by atoms with van der Waals surface area (Å²) in [4.78, 5) is 0. The van der Waals surface area contributed by atoms with Crippen LogP contribution in [-0.4, -0.2) is 11.4 Å². The van der Waals surface area contributed by atoms with Crippen LogP contribution in [-0.2, 0) is 6.54 Å². The van der Waals surface area contributed by atoms with Crippen molar-refractivity contribution in [3.8, 4) is 0 Å². The van der Waals surface area contributed by atoms with Crippen LogP contribution >= 0.6 is 11.6 Å². The summed E-state index contributed by atoms with van der Waals surface area (Å²) in [6.07, 6.45) is 5.08. The van der Waals surface area contributed by atoms with Crippen molar-refractivity contribution >= 4 is 11.6 Å². The Hall–Kier alpha value is -0.530. The lowest BCUT2D eigenvalue weighted by molar-refractivity contribution is 0.367. The van der Waals surface area contributed by atoms with E-state index in [9.17, 15) is 0 Å². The van der Waals surface area contributed by atoms with Gasteiger partial charge in [-0.25, -0.2) is 0 Å². The van der Waals surface area contributed by atoms with Crippen LogP contribution in [0.2, 0.25) is 0 Å². The lowest BCUT2D eigenvalue weighted by Crippen LogP contribution is -2.44. The molecule has 1 aromatic rings. The highest BCUT2D eigenvalue weighted by Gasteiger charge is 2.32. The Morgan fingerprint density at radius 2 is 1.94 bits per heavy atom. The molecule has 2 rings (SSSR count). The van der Waals surface area contributed by atoms with Crippen molar-refractivity contribution in [2.24, 2.45) is 0 Å². The molecule has 16 heavy (non-hydrogen) atoms. The molecule has 2 heteroatoms. The number of hydrogen-bond donors (Lipinski definition) is 1. The van der Waals surface area contributed by atoms with Gasteiger partial charge in [-0.15, -0.1) is 11.6 Å². The second-order valence-electron chi connectivity index (χ2n) is 4.90. The molecular weight excluding hydrogens is 218 g/mol. The zero-order chi connectivity index (χ0) is 11.4. The molecule has 1 N–H and O–H groups in total. The van der Waals surface area contributed by atoms with Crippen molar-refractivity contribution in [1.29, 1.82) is 0 Å². The molecule has 1 fully saturated rings. The van der Waals surface area contributed by atoms with Gasteiger partial charge >= 0.3 is 0 Å². The van der Waals surface area contributed by atoms with Gasteiger partial charge in [-0.1, -0.05) is 37.1 Å². The van der Waals surface area contributed by atoms with Gasteiger partial charge in [-0.2, -0.15) is 0 Å². The average molecular weight is 238 g/mol. The normalized spacial score (nSPS) is 18.9. The summed E-state index contributed by atoms with van der Waals surface area (Å²) in [7, 11) is 0. The lowest BCUT2D eigenvalue weighted by atomic mass is 9.99. The molecule has 1 nitrogen and oxygen atoms in total. The summed E-state index contributed by atoms with van der Waals surface area (Å²) >= 11 is 6.11. The van der Waals surface area contributed by atoms with Crippen LogP contribution < -0.4 is 5.32 Å². The predicted octanol–water partition coefficient (Wildman–Crippen LogP) is 3.64. The number of halogens is 1. The Morgan fingerprint density at radius 1 is 1.25 bits per heavy atom. The van der Waals surface area contributed by atoms with Crippen molar-refractivity contribution in [3.63, 3.8) is 0 Å². The van der Waals surface area contributed by atoms with Gasteiger partial charge in [0.15, 0.2) is 0 Å². The summed E-state index contributed by atoms with van der Waals surface area (Å²) in [6, 6.07) is 8.55. The van der Waals surface area contributed by atoms with Crippen LogP contribution in [0, 0.1) is 6.92 Å². The fourth-order valence-corrected chi connectivity index (χ4v) is 2.86. The minimum absolute atomic E-state index is 0.198. The maximum absolute atomic E-state index is 6.11. The largest absolute Gasteiger partial charge is 0.306 e. The maximum Gasteiger partial charge on any atom is 0.0406 e. The molecule has 1 aromatic carbocycles. The monoisotopic (exact) mass is 237 g/mol. The van der Waals surface area contributed by atoms with E-state index in [1.165, 1.54) is 36.8 Å². The first-order chi connectivity index (χ1) is 7.76. The predicted molar refractivity (Wildman–Crippen MR) is 69.9 cm³/mol. The molecule has 0 radical (unpaired) electrons. The molecule has 1 aliphatic rings. The summed E-state index contributed by atoms with van der Waals surface area (Å²) in [5, 5.41) is 3.67. The SMILES string of the molecule is Cc1ccccc1CNC1(CCl)CCCC1. The van der Waals surface area contributed by atoms with E-state index in [-0.39, 0.29) is 5.54 Å². The number of aryl methyl sites for hydroxylation is 1. The van der Waals surface area contributed by atoms with E-state index in [1.807, 2.05) is 0 Å². The molecule has 1 saturated carbocycles. The molecule has 88 valence electrons. The second kappa shape index (κ2) is 5.20. The molecule has 0 spiro atoms.